The number of nitrogens with one attached hydrogen (secondary N) is 2. The molecule has 65 valence electrons. The predicted octanol–water partition coefficient (Wildman–Crippen LogP) is 0.809. The number of esters is 1. The third kappa shape index (κ3) is 1.55. The van der Waals surface area contributed by atoms with Gasteiger partial charge in [-0.1, -0.05) is 0 Å². The smallest absolute Gasteiger partial charge is 0.356 e. The number of aryl methyl sites for hydroxylation is 1. The number of aromatic amines is 1. The van der Waals surface area contributed by atoms with E-state index in [9.17, 15) is 4.79 Å². The molecule has 0 amide bonds. The van der Waals surface area contributed by atoms with Gasteiger partial charge in [-0.2, -0.15) is 0 Å². The fraction of sp³-hybridized carbons (Fsp3) is 0.429. The summed E-state index contributed by atoms with van der Waals surface area (Å²) >= 11 is 0. The van der Waals surface area contributed by atoms with Crippen LogP contribution in [0.25, 0.3) is 0 Å². The van der Waals surface area contributed by atoms with Crippen LogP contribution in [0.4, 0.5) is 5.95 Å². The highest BCUT2D eigenvalue weighted by atomic mass is 16.5. The average Bonchev–Trinajstić information content (AvgIpc) is 2.30. The summed E-state index contributed by atoms with van der Waals surface area (Å²) in [5.74, 6) is -0.475. The maximum atomic E-state index is 11.1. The second-order valence-electron chi connectivity index (χ2n) is 2.27. The molecule has 1 aromatic heterocycles. The van der Waals surface area contributed by atoms with E-state index in [1.54, 1.807) is 13.8 Å². The van der Waals surface area contributed by atoms with Gasteiger partial charge in [-0.05, 0) is 13.8 Å². The zero-order chi connectivity index (χ0) is 9.14. The molecular weight excluding hydrogens is 158 g/mol. The van der Waals surface area contributed by atoms with Crippen molar-refractivity contribution in [3.05, 3.63) is 11.4 Å². The number of aromatic nitrogens is 2. The molecule has 0 atom stereocenters. The van der Waals surface area contributed by atoms with Gasteiger partial charge in [-0.15, -0.1) is 0 Å². The molecule has 0 saturated carbocycles. The first kappa shape index (κ1) is 8.58. The van der Waals surface area contributed by atoms with Crippen molar-refractivity contribution in [2.75, 3.05) is 6.61 Å². The molecule has 2 N–H and O–H groups in total. The van der Waals surface area contributed by atoms with Crippen LogP contribution in [0.2, 0.25) is 0 Å². The molecule has 1 rings (SSSR count). The SMILES string of the molecule is CCOC(=O)c1[nH]c([NH])nc1C. The summed E-state index contributed by atoms with van der Waals surface area (Å²) in [4.78, 5) is 17.3. The van der Waals surface area contributed by atoms with Crippen molar-refractivity contribution in [1.29, 1.82) is 0 Å². The first-order valence-corrected chi connectivity index (χ1v) is 3.60. The maximum Gasteiger partial charge on any atom is 0.356 e. The van der Waals surface area contributed by atoms with Crippen molar-refractivity contribution in [2.24, 2.45) is 0 Å². The van der Waals surface area contributed by atoms with Gasteiger partial charge in [0.15, 0.2) is 0 Å². The molecule has 0 unspecified atom stereocenters. The van der Waals surface area contributed by atoms with Crippen LogP contribution in [0.15, 0.2) is 0 Å². The molecule has 12 heavy (non-hydrogen) atoms. The van der Waals surface area contributed by atoms with Crippen LogP contribution in [0.1, 0.15) is 23.1 Å². The molecule has 1 heterocycles. The first-order valence-electron chi connectivity index (χ1n) is 3.60. The van der Waals surface area contributed by atoms with Gasteiger partial charge in [-0.25, -0.2) is 9.78 Å². The van der Waals surface area contributed by atoms with Gasteiger partial charge < -0.3 is 9.72 Å². The molecule has 0 aromatic carbocycles. The van der Waals surface area contributed by atoms with E-state index in [1.807, 2.05) is 0 Å². The molecule has 0 saturated heterocycles. The molecule has 0 aliphatic carbocycles. The Balaban J connectivity index is 2.87. The van der Waals surface area contributed by atoms with Gasteiger partial charge in [0.25, 0.3) is 0 Å². The Hall–Kier alpha value is -1.52. The Bertz CT molecular complexity index is 293. The number of hydrogen-bond donors (Lipinski definition) is 1. The van der Waals surface area contributed by atoms with E-state index in [-0.39, 0.29) is 11.6 Å². The monoisotopic (exact) mass is 168 g/mol. The Morgan fingerprint density at radius 1 is 1.75 bits per heavy atom. The topological polar surface area (TPSA) is 78.8 Å². The Morgan fingerprint density at radius 3 is 2.83 bits per heavy atom. The van der Waals surface area contributed by atoms with Crippen molar-refractivity contribution >= 4 is 11.9 Å². The molecule has 5 nitrogen and oxygen atoms in total. The summed E-state index contributed by atoms with van der Waals surface area (Å²) in [5.41, 5.74) is 7.87. The molecule has 0 aliphatic heterocycles. The molecule has 0 bridgehead atoms. The van der Waals surface area contributed by atoms with Crippen LogP contribution in [0.5, 0.6) is 0 Å². The van der Waals surface area contributed by atoms with Crippen LogP contribution < -0.4 is 5.73 Å². The lowest BCUT2D eigenvalue weighted by molar-refractivity contribution is 0.0519. The molecule has 5 heteroatoms. The normalized spacial score (nSPS) is 9.83. The Morgan fingerprint density at radius 2 is 2.42 bits per heavy atom. The van der Waals surface area contributed by atoms with E-state index in [0.29, 0.717) is 12.3 Å². The molecule has 0 fully saturated rings. The summed E-state index contributed by atoms with van der Waals surface area (Å²) in [6.07, 6.45) is 0. The van der Waals surface area contributed by atoms with Gasteiger partial charge >= 0.3 is 5.97 Å². The van der Waals surface area contributed by atoms with Crippen LogP contribution in [-0.2, 0) is 4.74 Å². The highest BCUT2D eigenvalue weighted by Gasteiger charge is 2.13. The minimum absolute atomic E-state index is 0.0180. The third-order valence-corrected chi connectivity index (χ3v) is 1.36. The van der Waals surface area contributed by atoms with Crippen LogP contribution in [0, 0.1) is 6.92 Å². The number of ether oxygens (including phenoxy) is 1. The number of carbonyl (C=O) groups is 1. The standard InChI is InChI=1S/C7H10N3O2/c1-3-12-6(11)5-4(2)9-7(8)10-5/h8H,3H2,1-2H3,(H,9,10). The quantitative estimate of drug-likeness (QED) is 0.663. The summed E-state index contributed by atoms with van der Waals surface area (Å²) in [6, 6.07) is 0. The van der Waals surface area contributed by atoms with E-state index in [1.165, 1.54) is 0 Å². The van der Waals surface area contributed by atoms with E-state index in [2.05, 4.69) is 9.97 Å². The van der Waals surface area contributed by atoms with E-state index >= 15 is 0 Å². The summed E-state index contributed by atoms with van der Waals surface area (Å²) in [7, 11) is 0. The molecular formula is C7H10N3O2. The number of hydrogen-bond acceptors (Lipinski definition) is 3. The van der Waals surface area contributed by atoms with E-state index in [4.69, 9.17) is 10.5 Å². The highest BCUT2D eigenvalue weighted by molar-refractivity contribution is 5.88. The highest BCUT2D eigenvalue weighted by Crippen LogP contribution is 2.07. The summed E-state index contributed by atoms with van der Waals surface area (Å²) in [5, 5.41) is 0. The van der Waals surface area contributed by atoms with Crippen molar-refractivity contribution in [1.82, 2.24) is 15.7 Å². The van der Waals surface area contributed by atoms with Crippen molar-refractivity contribution in [3.8, 4) is 0 Å². The largest absolute Gasteiger partial charge is 0.461 e. The van der Waals surface area contributed by atoms with Crippen molar-refractivity contribution < 1.29 is 9.53 Å². The second kappa shape index (κ2) is 3.25. The molecule has 1 aromatic rings. The van der Waals surface area contributed by atoms with Gasteiger partial charge in [-0.3, -0.25) is 5.73 Å². The second-order valence-corrected chi connectivity index (χ2v) is 2.27. The fourth-order valence-corrected chi connectivity index (χ4v) is 0.862. The lowest BCUT2D eigenvalue weighted by Gasteiger charge is -1.97. The molecule has 0 aliphatic rings. The summed E-state index contributed by atoms with van der Waals surface area (Å²) in [6.45, 7) is 3.70. The van der Waals surface area contributed by atoms with Gasteiger partial charge in [0.05, 0.1) is 12.3 Å². The van der Waals surface area contributed by atoms with Gasteiger partial charge in [0.2, 0.25) is 5.95 Å². The van der Waals surface area contributed by atoms with E-state index in [0.717, 1.165) is 0 Å². The molecule has 1 radical (unpaired) electrons. The number of rotatable bonds is 2. The molecule has 0 spiro atoms. The summed E-state index contributed by atoms with van der Waals surface area (Å²) < 4.78 is 4.73. The lowest BCUT2D eigenvalue weighted by atomic mass is 10.3. The lowest BCUT2D eigenvalue weighted by Crippen LogP contribution is -2.06. The Kier molecular flexibility index (Phi) is 2.32. The van der Waals surface area contributed by atoms with Gasteiger partial charge in [0, 0.05) is 0 Å². The van der Waals surface area contributed by atoms with Crippen molar-refractivity contribution in [3.63, 3.8) is 0 Å². The third-order valence-electron chi connectivity index (χ3n) is 1.36. The number of nitrogens with zero attached hydrogens (tertiary/aromatic N) is 1. The van der Waals surface area contributed by atoms with Crippen molar-refractivity contribution in [2.45, 2.75) is 13.8 Å². The number of imidazole rings is 1. The minimum Gasteiger partial charge on any atom is -0.461 e. The maximum absolute atomic E-state index is 11.1. The van der Waals surface area contributed by atoms with Crippen LogP contribution >= 0.6 is 0 Å². The predicted molar refractivity (Wildman–Crippen MR) is 42.0 cm³/mol. The minimum atomic E-state index is -0.457. The zero-order valence-corrected chi connectivity index (χ0v) is 6.97. The van der Waals surface area contributed by atoms with Gasteiger partial charge in [0.1, 0.15) is 5.69 Å². The Labute approximate surface area is 69.9 Å². The first-order chi connectivity index (χ1) is 5.65. The van der Waals surface area contributed by atoms with Crippen LogP contribution in [0.3, 0.4) is 0 Å². The van der Waals surface area contributed by atoms with Crippen LogP contribution in [-0.4, -0.2) is 22.5 Å². The number of H-pyrrole nitrogens is 1. The average molecular weight is 168 g/mol. The fourth-order valence-electron chi connectivity index (χ4n) is 0.862. The zero-order valence-electron chi connectivity index (χ0n) is 6.97. The number of carbonyl (C=O) groups excluding carboxylic acids is 1. The van der Waals surface area contributed by atoms with E-state index < -0.39 is 5.97 Å².